The smallest absolute Gasteiger partial charge is 0.354 e. The van der Waals surface area contributed by atoms with Crippen molar-refractivity contribution in [3.8, 4) is 0 Å². The average Bonchev–Trinajstić information content (AvgIpc) is 2.88. The summed E-state index contributed by atoms with van der Waals surface area (Å²) in [5.41, 5.74) is 0. The third-order valence-electron chi connectivity index (χ3n) is 3.92. The van der Waals surface area contributed by atoms with Crippen LogP contribution in [0.4, 0.5) is 13.2 Å². The molecule has 1 saturated carbocycles. The lowest BCUT2D eigenvalue weighted by atomic mass is 9.85. The predicted octanol–water partition coefficient (Wildman–Crippen LogP) is 2.22. The summed E-state index contributed by atoms with van der Waals surface area (Å²) in [6.07, 6.45) is -1.07. The Morgan fingerprint density at radius 1 is 1.43 bits per heavy atom. The topological polar surface area (TPSA) is 67.1 Å². The van der Waals surface area contributed by atoms with Gasteiger partial charge in [0.25, 0.3) is 0 Å². The summed E-state index contributed by atoms with van der Waals surface area (Å²) in [6.45, 7) is 0.408. The molecule has 6 nitrogen and oxygen atoms in total. The maximum absolute atomic E-state index is 12.8. The number of aliphatic imine (C=N–C) groups is 1. The van der Waals surface area contributed by atoms with Crippen LogP contribution in [0.25, 0.3) is 0 Å². The van der Waals surface area contributed by atoms with Crippen molar-refractivity contribution in [1.29, 1.82) is 0 Å². The highest BCUT2D eigenvalue weighted by Gasteiger charge is 2.42. The van der Waals surface area contributed by atoms with Crippen molar-refractivity contribution in [1.82, 2.24) is 25.4 Å². The van der Waals surface area contributed by atoms with Crippen LogP contribution >= 0.6 is 24.0 Å². The van der Waals surface area contributed by atoms with E-state index in [-0.39, 0.29) is 42.9 Å². The molecular weight excluding hydrogens is 424 g/mol. The largest absolute Gasteiger partial charge is 0.391 e. The number of nitrogens with zero attached hydrogens (tertiary/aromatic N) is 4. The van der Waals surface area contributed by atoms with Gasteiger partial charge in [-0.1, -0.05) is 6.42 Å². The molecule has 132 valence electrons. The number of halogens is 4. The molecule has 2 N–H and O–H groups in total. The van der Waals surface area contributed by atoms with Crippen molar-refractivity contribution < 1.29 is 13.2 Å². The van der Waals surface area contributed by atoms with Crippen molar-refractivity contribution in [2.45, 2.75) is 44.4 Å². The molecule has 0 aliphatic heterocycles. The number of alkyl halides is 3. The number of aromatic nitrogens is 3. The second-order valence-electron chi connectivity index (χ2n) is 5.47. The highest BCUT2D eigenvalue weighted by Crippen LogP contribution is 2.37. The summed E-state index contributed by atoms with van der Waals surface area (Å²) >= 11 is 0. The van der Waals surface area contributed by atoms with Crippen LogP contribution < -0.4 is 10.6 Å². The van der Waals surface area contributed by atoms with Crippen LogP contribution in [-0.2, 0) is 13.6 Å². The molecule has 1 heterocycles. The highest BCUT2D eigenvalue weighted by atomic mass is 127. The zero-order valence-corrected chi connectivity index (χ0v) is 15.4. The Morgan fingerprint density at radius 2 is 2.17 bits per heavy atom. The molecular formula is C13H22F3IN6. The molecule has 2 unspecified atom stereocenters. The van der Waals surface area contributed by atoms with Gasteiger partial charge in [-0.2, -0.15) is 18.3 Å². The normalized spacial score (nSPS) is 22.4. The van der Waals surface area contributed by atoms with Gasteiger partial charge in [-0.25, -0.2) is 4.98 Å². The summed E-state index contributed by atoms with van der Waals surface area (Å²) in [5, 5.41) is 10.1. The molecule has 23 heavy (non-hydrogen) atoms. The molecule has 0 aromatic carbocycles. The van der Waals surface area contributed by atoms with Crippen LogP contribution in [0.3, 0.4) is 0 Å². The molecule has 0 radical (unpaired) electrons. The third kappa shape index (κ3) is 5.81. The van der Waals surface area contributed by atoms with E-state index in [1.807, 2.05) is 0 Å². The standard InChI is InChI=1S/C13H21F3N6.HI/c1-17-12(18-7-11-19-8-20-22(11)2)21-10-5-3-4-9(6-10)13(14,15)16;/h8-10H,3-7H2,1-2H3,(H2,17,18,21);1H. The number of nitrogens with one attached hydrogen (secondary N) is 2. The van der Waals surface area contributed by atoms with Gasteiger partial charge in [0.15, 0.2) is 5.96 Å². The number of hydrogen-bond donors (Lipinski definition) is 2. The fraction of sp³-hybridized carbons (Fsp3) is 0.769. The average molecular weight is 446 g/mol. The van der Waals surface area contributed by atoms with E-state index in [2.05, 4.69) is 25.7 Å². The first kappa shape index (κ1) is 20.0. The molecule has 1 aliphatic carbocycles. The third-order valence-corrected chi connectivity index (χ3v) is 3.92. The van der Waals surface area contributed by atoms with Crippen LogP contribution in [-0.4, -0.2) is 40.0 Å². The number of aryl methyl sites for hydroxylation is 1. The van der Waals surface area contributed by atoms with E-state index in [1.165, 1.54) is 6.33 Å². The maximum Gasteiger partial charge on any atom is 0.391 e. The fourth-order valence-corrected chi connectivity index (χ4v) is 2.65. The second kappa shape index (κ2) is 8.69. The Labute approximate surface area is 150 Å². The van der Waals surface area contributed by atoms with Crippen LogP contribution in [0.2, 0.25) is 0 Å². The molecule has 2 rings (SSSR count). The lowest BCUT2D eigenvalue weighted by molar-refractivity contribution is -0.183. The van der Waals surface area contributed by atoms with Gasteiger partial charge in [0.1, 0.15) is 12.2 Å². The van der Waals surface area contributed by atoms with Crippen LogP contribution in [0, 0.1) is 5.92 Å². The summed E-state index contributed by atoms with van der Waals surface area (Å²) in [5.74, 6) is -0.0221. The number of guanidine groups is 1. The van der Waals surface area contributed by atoms with Gasteiger partial charge in [-0.15, -0.1) is 24.0 Å². The van der Waals surface area contributed by atoms with Gasteiger partial charge < -0.3 is 10.6 Å². The van der Waals surface area contributed by atoms with Gasteiger partial charge in [-0.3, -0.25) is 9.67 Å². The summed E-state index contributed by atoms with van der Waals surface area (Å²) in [6, 6.07) is -0.217. The van der Waals surface area contributed by atoms with E-state index in [4.69, 9.17) is 0 Å². The van der Waals surface area contributed by atoms with Crippen LogP contribution in [0.15, 0.2) is 11.3 Å². The second-order valence-corrected chi connectivity index (χ2v) is 5.47. The fourth-order valence-electron chi connectivity index (χ4n) is 2.65. The minimum atomic E-state index is -4.12. The van der Waals surface area contributed by atoms with Crippen LogP contribution in [0.1, 0.15) is 31.5 Å². The van der Waals surface area contributed by atoms with Crippen molar-refractivity contribution in [2.75, 3.05) is 7.05 Å². The van der Waals surface area contributed by atoms with Gasteiger partial charge in [0, 0.05) is 20.1 Å². The lowest BCUT2D eigenvalue weighted by Crippen LogP contribution is -2.46. The van der Waals surface area contributed by atoms with E-state index in [1.54, 1.807) is 18.8 Å². The van der Waals surface area contributed by atoms with Gasteiger partial charge in [0.05, 0.1) is 12.5 Å². The van der Waals surface area contributed by atoms with Gasteiger partial charge in [-0.05, 0) is 19.3 Å². The zero-order chi connectivity index (χ0) is 16.2. The van der Waals surface area contributed by atoms with Crippen LogP contribution in [0.5, 0.6) is 0 Å². The number of rotatable bonds is 3. The first-order chi connectivity index (χ1) is 10.4. The zero-order valence-electron chi connectivity index (χ0n) is 13.1. The molecule has 1 fully saturated rings. The summed E-state index contributed by atoms with van der Waals surface area (Å²) < 4.78 is 40.1. The molecule has 1 aromatic heterocycles. The summed E-state index contributed by atoms with van der Waals surface area (Å²) in [7, 11) is 3.37. The molecule has 2 atom stereocenters. The van der Waals surface area contributed by atoms with E-state index < -0.39 is 12.1 Å². The molecule has 0 spiro atoms. The Balaban J connectivity index is 0.00000264. The molecule has 0 saturated heterocycles. The monoisotopic (exact) mass is 446 g/mol. The molecule has 0 amide bonds. The maximum atomic E-state index is 12.8. The van der Waals surface area contributed by atoms with E-state index in [9.17, 15) is 13.2 Å². The summed E-state index contributed by atoms with van der Waals surface area (Å²) in [4.78, 5) is 8.13. The van der Waals surface area contributed by atoms with Crippen molar-refractivity contribution in [3.05, 3.63) is 12.2 Å². The highest BCUT2D eigenvalue weighted by molar-refractivity contribution is 14.0. The Bertz CT molecular complexity index is 516. The molecule has 0 bridgehead atoms. The van der Waals surface area contributed by atoms with Gasteiger partial charge >= 0.3 is 6.18 Å². The van der Waals surface area contributed by atoms with Crippen molar-refractivity contribution in [3.63, 3.8) is 0 Å². The van der Waals surface area contributed by atoms with E-state index in [0.29, 0.717) is 18.9 Å². The first-order valence-electron chi connectivity index (χ1n) is 7.27. The minimum absolute atomic E-state index is 0. The molecule has 1 aliphatic rings. The Kier molecular flexibility index (Phi) is 7.55. The van der Waals surface area contributed by atoms with Crippen molar-refractivity contribution in [2.24, 2.45) is 18.0 Å². The predicted molar refractivity (Wildman–Crippen MR) is 91.6 cm³/mol. The first-order valence-corrected chi connectivity index (χ1v) is 7.27. The lowest BCUT2D eigenvalue weighted by Gasteiger charge is -2.31. The Hall–Kier alpha value is -1.07. The quantitative estimate of drug-likeness (QED) is 0.425. The van der Waals surface area contributed by atoms with Crippen molar-refractivity contribution >= 4 is 29.9 Å². The number of hydrogen-bond acceptors (Lipinski definition) is 3. The SMILES string of the molecule is CN=C(NCc1ncnn1C)NC1CCCC(C(F)(F)F)C1.I. The molecule has 1 aromatic rings. The van der Waals surface area contributed by atoms with Gasteiger partial charge in [0.2, 0.25) is 0 Å². The van der Waals surface area contributed by atoms with E-state index in [0.717, 1.165) is 12.2 Å². The molecule has 10 heteroatoms. The Morgan fingerprint density at radius 3 is 2.74 bits per heavy atom. The minimum Gasteiger partial charge on any atom is -0.354 e. The van der Waals surface area contributed by atoms with E-state index >= 15 is 0 Å².